The lowest BCUT2D eigenvalue weighted by Crippen LogP contribution is -2.39. The van der Waals surface area contributed by atoms with E-state index >= 15 is 0 Å². The summed E-state index contributed by atoms with van der Waals surface area (Å²) >= 11 is 0. The van der Waals surface area contributed by atoms with Crippen LogP contribution in [-0.2, 0) is 15.8 Å². The molecular formula is C8H15N3O4P+. The highest BCUT2D eigenvalue weighted by Gasteiger charge is 2.13. The monoisotopic (exact) mass is 248 g/mol. The van der Waals surface area contributed by atoms with Crippen LogP contribution in [-0.4, -0.2) is 22.7 Å². The summed E-state index contributed by atoms with van der Waals surface area (Å²) in [5, 5.41) is 0. The van der Waals surface area contributed by atoms with Crippen LogP contribution >= 0.6 is 7.60 Å². The summed E-state index contributed by atoms with van der Waals surface area (Å²) in [4.78, 5) is 17.1. The Kier molecular flexibility index (Phi) is 4.26. The average Bonchev–Trinajstić information content (AvgIpc) is 2.17. The van der Waals surface area contributed by atoms with Crippen LogP contribution in [0.4, 0.5) is 11.5 Å². The maximum absolute atomic E-state index is 10.5. The zero-order chi connectivity index (χ0) is 12.2. The first-order chi connectivity index (χ1) is 7.40. The van der Waals surface area contributed by atoms with Crippen LogP contribution < -0.4 is 16.0 Å². The minimum Gasteiger partial charge on any atom is -0.392 e. The molecule has 7 nitrogen and oxygen atoms in total. The van der Waals surface area contributed by atoms with Gasteiger partial charge in [0.2, 0.25) is 0 Å². The van der Waals surface area contributed by atoms with E-state index in [4.69, 9.17) is 26.0 Å². The van der Waals surface area contributed by atoms with Gasteiger partial charge in [0.25, 0.3) is 5.82 Å². The summed E-state index contributed by atoms with van der Waals surface area (Å²) in [5.41, 5.74) is 11.7. The molecule has 0 unspecified atom stereocenters. The topological polar surface area (TPSA) is 123 Å². The minimum absolute atomic E-state index is 0.156. The van der Waals surface area contributed by atoms with Gasteiger partial charge in [-0.05, 0) is 12.1 Å². The molecule has 0 atom stereocenters. The number of rotatable bonds is 5. The second kappa shape index (κ2) is 5.27. The Labute approximate surface area is 92.8 Å². The van der Waals surface area contributed by atoms with Crippen molar-refractivity contribution in [2.24, 2.45) is 0 Å². The van der Waals surface area contributed by atoms with Crippen LogP contribution in [0.2, 0.25) is 0 Å². The van der Waals surface area contributed by atoms with Crippen LogP contribution in [0.3, 0.4) is 0 Å². The molecule has 16 heavy (non-hydrogen) atoms. The number of aromatic nitrogens is 1. The molecule has 0 fully saturated rings. The van der Waals surface area contributed by atoms with Crippen LogP contribution in [0, 0.1) is 0 Å². The van der Waals surface area contributed by atoms with Crippen molar-refractivity contribution in [1.82, 2.24) is 0 Å². The van der Waals surface area contributed by atoms with E-state index in [-0.39, 0.29) is 6.61 Å². The predicted octanol–water partition coefficient (Wildman–Crippen LogP) is -0.710. The van der Waals surface area contributed by atoms with Crippen molar-refractivity contribution in [1.29, 1.82) is 0 Å². The molecule has 0 aliphatic rings. The SMILES string of the molecule is Nc1ccc[n+](CCOCP(=O)(O)O)c1N. The van der Waals surface area contributed by atoms with Crippen LogP contribution in [0.5, 0.6) is 0 Å². The molecule has 6 N–H and O–H groups in total. The van der Waals surface area contributed by atoms with Crippen molar-refractivity contribution >= 4 is 19.1 Å². The molecule has 0 radical (unpaired) electrons. The molecule has 1 rings (SSSR count). The molecule has 0 bridgehead atoms. The number of pyridine rings is 1. The molecule has 1 heterocycles. The van der Waals surface area contributed by atoms with Crippen molar-refractivity contribution < 1.29 is 23.7 Å². The van der Waals surface area contributed by atoms with Gasteiger partial charge < -0.3 is 20.3 Å². The van der Waals surface area contributed by atoms with Crippen LogP contribution in [0.1, 0.15) is 0 Å². The molecule has 0 saturated carbocycles. The summed E-state index contributed by atoms with van der Waals surface area (Å²) < 4.78 is 16.9. The van der Waals surface area contributed by atoms with Crippen molar-refractivity contribution in [3.63, 3.8) is 0 Å². The smallest absolute Gasteiger partial charge is 0.350 e. The molecule has 0 spiro atoms. The van der Waals surface area contributed by atoms with Gasteiger partial charge in [-0.1, -0.05) is 0 Å². The van der Waals surface area contributed by atoms with E-state index in [2.05, 4.69) is 0 Å². The Morgan fingerprint density at radius 2 is 2.12 bits per heavy atom. The highest BCUT2D eigenvalue weighted by Crippen LogP contribution is 2.33. The van der Waals surface area contributed by atoms with Gasteiger partial charge in [0, 0.05) is 0 Å². The van der Waals surface area contributed by atoms with Gasteiger partial charge in [-0.3, -0.25) is 10.3 Å². The van der Waals surface area contributed by atoms with E-state index in [9.17, 15) is 4.57 Å². The van der Waals surface area contributed by atoms with Gasteiger partial charge >= 0.3 is 7.60 Å². The van der Waals surface area contributed by atoms with Gasteiger partial charge in [0.05, 0.1) is 12.8 Å². The summed E-state index contributed by atoms with van der Waals surface area (Å²) in [6.45, 7) is 0.542. The largest absolute Gasteiger partial charge is 0.392 e. The maximum atomic E-state index is 10.5. The average molecular weight is 248 g/mol. The van der Waals surface area contributed by atoms with Crippen molar-refractivity contribution in [3.05, 3.63) is 18.3 Å². The lowest BCUT2D eigenvalue weighted by Gasteiger charge is -2.06. The maximum Gasteiger partial charge on any atom is 0.350 e. The third kappa shape index (κ3) is 4.16. The van der Waals surface area contributed by atoms with E-state index in [0.29, 0.717) is 18.1 Å². The molecule has 1 aromatic heterocycles. The van der Waals surface area contributed by atoms with Crippen LogP contribution in [0.15, 0.2) is 18.3 Å². The lowest BCUT2D eigenvalue weighted by atomic mass is 10.4. The second-order valence-corrected chi connectivity index (χ2v) is 4.83. The number of hydrogen-bond acceptors (Lipinski definition) is 4. The number of nitrogens with zero attached hydrogens (tertiary/aromatic N) is 1. The van der Waals surface area contributed by atoms with E-state index in [1.165, 1.54) is 0 Å². The lowest BCUT2D eigenvalue weighted by molar-refractivity contribution is -0.683. The Bertz CT molecular complexity index is 406. The van der Waals surface area contributed by atoms with E-state index in [0.717, 1.165) is 0 Å². The fourth-order valence-electron chi connectivity index (χ4n) is 1.12. The van der Waals surface area contributed by atoms with E-state index in [1.54, 1.807) is 22.9 Å². The number of ether oxygens (including phenoxy) is 1. The summed E-state index contributed by atoms with van der Waals surface area (Å²) in [6.07, 6.45) is 1.13. The molecule has 0 amide bonds. The predicted molar refractivity (Wildman–Crippen MR) is 58.3 cm³/mol. The van der Waals surface area contributed by atoms with Gasteiger partial charge in [-0.2, -0.15) is 0 Å². The summed E-state index contributed by atoms with van der Waals surface area (Å²) in [7, 11) is -4.10. The van der Waals surface area contributed by atoms with Gasteiger partial charge in [-0.25, -0.2) is 4.57 Å². The third-order valence-corrected chi connectivity index (χ3v) is 2.40. The van der Waals surface area contributed by atoms with E-state index in [1.807, 2.05) is 0 Å². The first-order valence-electron chi connectivity index (χ1n) is 4.56. The molecule has 90 valence electrons. The number of anilines is 2. The number of nitrogens with two attached hydrogens (primary N) is 2. The standard InChI is InChI=1S/C8H14N3O4P/c9-7-2-1-3-11(8(7)10)4-5-15-6-16(12,13)14/h1-3,10H,4-6,9H2,(H2,12,13,14)/p+1. The first-order valence-corrected chi connectivity index (χ1v) is 6.35. The minimum atomic E-state index is -4.10. The molecule has 0 aliphatic carbocycles. The molecule has 0 aromatic carbocycles. The van der Waals surface area contributed by atoms with Gasteiger partial charge in [-0.15, -0.1) is 0 Å². The third-order valence-electron chi connectivity index (χ3n) is 1.88. The normalized spacial score (nSPS) is 11.6. The number of hydrogen-bond donors (Lipinski definition) is 4. The van der Waals surface area contributed by atoms with Gasteiger partial charge in [0.1, 0.15) is 18.6 Å². The van der Waals surface area contributed by atoms with E-state index < -0.39 is 13.9 Å². The first kappa shape index (κ1) is 12.9. The van der Waals surface area contributed by atoms with Crippen molar-refractivity contribution in [2.45, 2.75) is 6.54 Å². The second-order valence-electron chi connectivity index (χ2n) is 3.24. The Hall–Kier alpha value is -1.14. The van der Waals surface area contributed by atoms with Crippen LogP contribution in [0.25, 0.3) is 0 Å². The Balaban J connectivity index is 2.44. The molecule has 0 saturated heterocycles. The zero-order valence-corrected chi connectivity index (χ0v) is 9.51. The van der Waals surface area contributed by atoms with Crippen molar-refractivity contribution in [3.8, 4) is 0 Å². The van der Waals surface area contributed by atoms with Crippen molar-refractivity contribution in [2.75, 3.05) is 24.4 Å². The highest BCUT2D eigenvalue weighted by molar-refractivity contribution is 7.51. The number of nitrogen functional groups attached to an aromatic ring is 2. The zero-order valence-electron chi connectivity index (χ0n) is 8.61. The molecule has 1 aromatic rings. The van der Waals surface area contributed by atoms with Gasteiger partial charge in [0.15, 0.2) is 0 Å². The summed E-state index contributed by atoms with van der Waals surface area (Å²) in [5.74, 6) is 0.405. The molecule has 8 heteroatoms. The molecular weight excluding hydrogens is 233 g/mol. The Morgan fingerprint density at radius 1 is 1.44 bits per heavy atom. The summed E-state index contributed by atoms with van der Waals surface area (Å²) in [6, 6.07) is 3.40. The fourth-order valence-corrected chi connectivity index (χ4v) is 1.49. The molecule has 0 aliphatic heterocycles. The fraction of sp³-hybridized carbons (Fsp3) is 0.375. The Morgan fingerprint density at radius 3 is 2.75 bits per heavy atom. The quantitative estimate of drug-likeness (QED) is 0.310. The highest BCUT2D eigenvalue weighted by atomic mass is 31.2.